The van der Waals surface area contributed by atoms with Crippen LogP contribution in [-0.4, -0.2) is 26.2 Å². The Morgan fingerprint density at radius 1 is 1.28 bits per heavy atom. The van der Waals surface area contributed by atoms with Crippen molar-refractivity contribution < 1.29 is 9.32 Å². The number of carbonyl (C=O) groups excluding carboxylic acids is 1. The molecule has 2 aromatic rings. The number of aromatic amines is 1. The number of hydrogen-bond acceptors (Lipinski definition) is 5. The Labute approximate surface area is 155 Å². The number of H-pyrrole nitrogens is 1. The van der Waals surface area contributed by atoms with Crippen molar-refractivity contribution in [1.82, 2.24) is 25.7 Å². The molecule has 3 rings (SSSR count). The Bertz CT molecular complexity index is 744. The minimum absolute atomic E-state index is 0.223. The number of aryl methyl sites for hydroxylation is 1. The second-order valence-corrected chi connectivity index (χ2v) is 7.84. The fourth-order valence-electron chi connectivity index (χ4n) is 3.38. The Kier molecular flexibility index (Phi) is 5.27. The lowest BCUT2D eigenvalue weighted by Gasteiger charge is -2.30. The largest absolute Gasteiger partial charge is 0.340 e. The van der Waals surface area contributed by atoms with E-state index in [2.05, 4.69) is 55.4 Å². The van der Waals surface area contributed by atoms with Gasteiger partial charge in [-0.05, 0) is 34.7 Å². The first-order chi connectivity index (χ1) is 11.9. The molecule has 0 aromatic carbocycles. The standard InChI is InChI=1S/C17H24BrN5O2/c1-10(2)13-12(18)14(22-21-13)15(24)20-17(8-6-4-5-7-9-17)16-19-11(3)25-23-16/h10H,4-9H2,1-3H3,(H,20,24)(H,21,22). The fourth-order valence-corrected chi connectivity index (χ4v) is 4.20. The summed E-state index contributed by atoms with van der Waals surface area (Å²) >= 11 is 3.51. The molecule has 0 atom stereocenters. The molecule has 0 saturated heterocycles. The molecule has 1 amide bonds. The molecule has 0 bridgehead atoms. The first kappa shape index (κ1) is 18.1. The first-order valence-corrected chi connectivity index (χ1v) is 9.59. The van der Waals surface area contributed by atoms with Gasteiger partial charge in [0.05, 0.1) is 10.2 Å². The van der Waals surface area contributed by atoms with Crippen molar-refractivity contribution in [2.45, 2.75) is 70.8 Å². The van der Waals surface area contributed by atoms with Gasteiger partial charge in [-0.3, -0.25) is 9.89 Å². The molecule has 8 heteroatoms. The topological polar surface area (TPSA) is 96.7 Å². The first-order valence-electron chi connectivity index (χ1n) is 8.80. The van der Waals surface area contributed by atoms with Crippen LogP contribution >= 0.6 is 15.9 Å². The third-order valence-electron chi connectivity index (χ3n) is 4.79. The number of nitrogens with one attached hydrogen (secondary N) is 2. The van der Waals surface area contributed by atoms with Gasteiger partial charge in [-0.2, -0.15) is 10.1 Å². The summed E-state index contributed by atoms with van der Waals surface area (Å²) in [4.78, 5) is 17.4. The van der Waals surface area contributed by atoms with Crippen LogP contribution in [0, 0.1) is 6.92 Å². The Morgan fingerprint density at radius 3 is 2.48 bits per heavy atom. The molecule has 1 saturated carbocycles. The van der Waals surface area contributed by atoms with E-state index in [0.29, 0.717) is 21.9 Å². The highest BCUT2D eigenvalue weighted by molar-refractivity contribution is 9.10. The Balaban J connectivity index is 1.91. The van der Waals surface area contributed by atoms with Gasteiger partial charge < -0.3 is 9.84 Å². The van der Waals surface area contributed by atoms with Crippen molar-refractivity contribution in [2.24, 2.45) is 0 Å². The molecule has 2 heterocycles. The number of aromatic nitrogens is 4. The zero-order valence-electron chi connectivity index (χ0n) is 14.9. The zero-order valence-corrected chi connectivity index (χ0v) is 16.4. The molecular formula is C17H24BrN5O2. The van der Waals surface area contributed by atoms with Crippen LogP contribution in [-0.2, 0) is 5.54 Å². The number of nitrogens with zero attached hydrogens (tertiary/aromatic N) is 3. The molecule has 136 valence electrons. The van der Waals surface area contributed by atoms with Gasteiger partial charge in [-0.1, -0.05) is 44.7 Å². The normalized spacial score (nSPS) is 17.5. The summed E-state index contributed by atoms with van der Waals surface area (Å²) in [5.74, 6) is 1.10. The second-order valence-electron chi connectivity index (χ2n) is 7.04. The minimum Gasteiger partial charge on any atom is -0.340 e. The maximum Gasteiger partial charge on any atom is 0.273 e. The van der Waals surface area contributed by atoms with Crippen LogP contribution in [0.5, 0.6) is 0 Å². The summed E-state index contributed by atoms with van der Waals surface area (Å²) in [5.41, 5.74) is 0.685. The molecule has 0 aliphatic heterocycles. The zero-order chi connectivity index (χ0) is 18.0. The third-order valence-corrected chi connectivity index (χ3v) is 5.59. The highest BCUT2D eigenvalue weighted by Crippen LogP contribution is 2.35. The quantitative estimate of drug-likeness (QED) is 0.744. The lowest BCUT2D eigenvalue weighted by molar-refractivity contribution is 0.0870. The van der Waals surface area contributed by atoms with E-state index in [1.807, 2.05) is 0 Å². The minimum atomic E-state index is -0.596. The van der Waals surface area contributed by atoms with Crippen LogP contribution in [0.1, 0.15) is 86.2 Å². The summed E-state index contributed by atoms with van der Waals surface area (Å²) in [7, 11) is 0. The van der Waals surface area contributed by atoms with Crippen LogP contribution in [0.4, 0.5) is 0 Å². The van der Waals surface area contributed by atoms with E-state index >= 15 is 0 Å². The van der Waals surface area contributed by atoms with E-state index < -0.39 is 5.54 Å². The second kappa shape index (κ2) is 7.27. The maximum absolute atomic E-state index is 13.0. The van der Waals surface area contributed by atoms with E-state index in [1.165, 1.54) is 0 Å². The molecule has 0 radical (unpaired) electrons. The van der Waals surface area contributed by atoms with Gasteiger partial charge >= 0.3 is 0 Å². The SMILES string of the molecule is Cc1nc(C2(NC(=O)c3n[nH]c(C(C)C)c3Br)CCCCCC2)no1. The molecule has 0 unspecified atom stereocenters. The summed E-state index contributed by atoms with van der Waals surface area (Å²) in [6.07, 6.45) is 5.95. The number of carbonyl (C=O) groups is 1. The van der Waals surface area contributed by atoms with Crippen molar-refractivity contribution in [2.75, 3.05) is 0 Å². The van der Waals surface area contributed by atoms with Gasteiger partial charge in [0, 0.05) is 6.92 Å². The number of amides is 1. The third kappa shape index (κ3) is 3.63. The van der Waals surface area contributed by atoms with Crippen molar-refractivity contribution in [3.8, 4) is 0 Å². The van der Waals surface area contributed by atoms with Crippen molar-refractivity contribution in [1.29, 1.82) is 0 Å². The molecule has 2 N–H and O–H groups in total. The lowest BCUT2D eigenvalue weighted by atomic mass is 9.89. The number of rotatable bonds is 4. The van der Waals surface area contributed by atoms with E-state index in [0.717, 1.165) is 44.2 Å². The average molecular weight is 410 g/mol. The van der Waals surface area contributed by atoms with E-state index in [1.54, 1.807) is 6.92 Å². The van der Waals surface area contributed by atoms with Crippen molar-refractivity contribution in [3.05, 3.63) is 27.6 Å². The highest BCUT2D eigenvalue weighted by Gasteiger charge is 2.39. The molecule has 1 aliphatic carbocycles. The van der Waals surface area contributed by atoms with Gasteiger partial charge in [-0.15, -0.1) is 0 Å². The highest BCUT2D eigenvalue weighted by atomic mass is 79.9. The summed E-state index contributed by atoms with van der Waals surface area (Å²) in [6, 6.07) is 0. The van der Waals surface area contributed by atoms with Crippen LogP contribution in [0.3, 0.4) is 0 Å². The molecule has 1 aliphatic rings. The van der Waals surface area contributed by atoms with Crippen molar-refractivity contribution >= 4 is 21.8 Å². The summed E-state index contributed by atoms with van der Waals surface area (Å²) < 4.78 is 5.90. The van der Waals surface area contributed by atoms with Gasteiger partial charge in [-0.25, -0.2) is 0 Å². The van der Waals surface area contributed by atoms with Crippen LogP contribution in [0.2, 0.25) is 0 Å². The Morgan fingerprint density at radius 2 is 1.96 bits per heavy atom. The van der Waals surface area contributed by atoms with Crippen LogP contribution in [0.15, 0.2) is 9.00 Å². The maximum atomic E-state index is 13.0. The smallest absolute Gasteiger partial charge is 0.273 e. The molecule has 2 aromatic heterocycles. The van der Waals surface area contributed by atoms with Gasteiger partial charge in [0.15, 0.2) is 11.5 Å². The molecule has 0 spiro atoms. The fraction of sp³-hybridized carbons (Fsp3) is 0.647. The lowest BCUT2D eigenvalue weighted by Crippen LogP contribution is -2.46. The van der Waals surface area contributed by atoms with Crippen LogP contribution in [0.25, 0.3) is 0 Å². The molecule has 7 nitrogen and oxygen atoms in total. The average Bonchev–Trinajstić information content (AvgIpc) is 3.09. The van der Waals surface area contributed by atoms with E-state index in [4.69, 9.17) is 4.52 Å². The molecular weight excluding hydrogens is 386 g/mol. The monoisotopic (exact) mass is 409 g/mol. The molecule has 25 heavy (non-hydrogen) atoms. The predicted molar refractivity (Wildman–Crippen MR) is 96.3 cm³/mol. The van der Waals surface area contributed by atoms with E-state index in [-0.39, 0.29) is 11.8 Å². The van der Waals surface area contributed by atoms with Gasteiger partial charge in [0.1, 0.15) is 5.54 Å². The Hall–Kier alpha value is -1.70. The van der Waals surface area contributed by atoms with Gasteiger partial charge in [0.2, 0.25) is 5.89 Å². The number of halogens is 1. The molecule has 1 fully saturated rings. The number of hydrogen-bond donors (Lipinski definition) is 2. The van der Waals surface area contributed by atoms with Gasteiger partial charge in [0.25, 0.3) is 5.91 Å². The summed E-state index contributed by atoms with van der Waals surface area (Å²) in [6.45, 7) is 5.87. The van der Waals surface area contributed by atoms with Crippen LogP contribution < -0.4 is 5.32 Å². The van der Waals surface area contributed by atoms with E-state index in [9.17, 15) is 4.79 Å². The van der Waals surface area contributed by atoms with Crippen molar-refractivity contribution in [3.63, 3.8) is 0 Å². The summed E-state index contributed by atoms with van der Waals surface area (Å²) in [5, 5.41) is 14.5. The predicted octanol–water partition coefficient (Wildman–Crippen LogP) is 3.97.